The summed E-state index contributed by atoms with van der Waals surface area (Å²) in [6.45, 7) is 1.78. The Hall–Kier alpha value is -2.95. The molecule has 1 amide bonds. The molecule has 2 aliphatic heterocycles. The van der Waals surface area contributed by atoms with E-state index in [1.165, 1.54) is 6.92 Å². The lowest BCUT2D eigenvalue weighted by Gasteiger charge is -2.25. The van der Waals surface area contributed by atoms with Crippen LogP contribution in [0.2, 0.25) is 0 Å². The molecule has 5 nitrogen and oxygen atoms in total. The molecule has 2 heterocycles. The van der Waals surface area contributed by atoms with E-state index < -0.39 is 0 Å². The van der Waals surface area contributed by atoms with Gasteiger partial charge in [-0.15, -0.1) is 0 Å². The molecule has 0 aliphatic carbocycles. The van der Waals surface area contributed by atoms with Gasteiger partial charge in [0.25, 0.3) is 5.91 Å². The first kappa shape index (κ1) is 14.6. The fraction of sp³-hybridized carbons (Fsp3) is 0.211. The molecule has 0 unspecified atom stereocenters. The van der Waals surface area contributed by atoms with Gasteiger partial charge < -0.3 is 9.64 Å². The number of esters is 1. The topological polar surface area (TPSA) is 63.7 Å². The van der Waals surface area contributed by atoms with Gasteiger partial charge in [0.2, 0.25) is 0 Å². The van der Waals surface area contributed by atoms with Crippen LogP contribution in [-0.2, 0) is 16.1 Å². The van der Waals surface area contributed by atoms with Crippen LogP contribution in [0.3, 0.4) is 0 Å². The number of rotatable bonds is 3. The van der Waals surface area contributed by atoms with Crippen LogP contribution in [-0.4, -0.2) is 17.7 Å². The molecule has 1 atom stereocenters. The predicted molar refractivity (Wildman–Crippen MR) is 86.9 cm³/mol. The van der Waals surface area contributed by atoms with Crippen LogP contribution in [0.1, 0.15) is 51.2 Å². The molecule has 0 bridgehead atoms. The van der Waals surface area contributed by atoms with Gasteiger partial charge in [-0.05, 0) is 30.7 Å². The Morgan fingerprint density at radius 3 is 2.75 bits per heavy atom. The highest BCUT2D eigenvalue weighted by Gasteiger charge is 2.38. The van der Waals surface area contributed by atoms with Gasteiger partial charge in [0.15, 0.2) is 0 Å². The number of fused-ring (bicyclic) bond motifs is 2. The Balaban J connectivity index is 1.82. The number of hydrogen-bond donors (Lipinski definition) is 0. The van der Waals surface area contributed by atoms with Crippen molar-refractivity contribution in [2.45, 2.75) is 26.0 Å². The minimum atomic E-state index is -0.376. The van der Waals surface area contributed by atoms with E-state index in [9.17, 15) is 14.4 Å². The van der Waals surface area contributed by atoms with Crippen LogP contribution in [0.25, 0.3) is 0 Å². The molecule has 120 valence electrons. The third kappa shape index (κ3) is 2.12. The first-order chi connectivity index (χ1) is 11.6. The van der Waals surface area contributed by atoms with Crippen molar-refractivity contribution in [2.75, 3.05) is 4.90 Å². The van der Waals surface area contributed by atoms with E-state index in [-0.39, 0.29) is 36.7 Å². The summed E-state index contributed by atoms with van der Waals surface area (Å²) in [5.41, 5.74) is 3.36. The lowest BCUT2D eigenvalue weighted by Crippen LogP contribution is -2.29. The van der Waals surface area contributed by atoms with Crippen molar-refractivity contribution in [3.63, 3.8) is 0 Å². The van der Waals surface area contributed by atoms with Crippen LogP contribution < -0.4 is 4.90 Å². The lowest BCUT2D eigenvalue weighted by atomic mass is 10.0. The van der Waals surface area contributed by atoms with Gasteiger partial charge in [0.1, 0.15) is 12.4 Å². The number of nitrogens with zero attached hydrogens (tertiary/aromatic N) is 1. The minimum absolute atomic E-state index is 0.00933. The third-order valence-corrected chi connectivity index (χ3v) is 4.51. The summed E-state index contributed by atoms with van der Waals surface area (Å²) in [5, 5.41) is 0. The van der Waals surface area contributed by atoms with Gasteiger partial charge in [-0.2, -0.15) is 0 Å². The Morgan fingerprint density at radius 1 is 1.17 bits per heavy atom. The Labute approximate surface area is 138 Å². The normalized spacial score (nSPS) is 18.4. The van der Waals surface area contributed by atoms with E-state index in [4.69, 9.17) is 4.74 Å². The average Bonchev–Trinajstić information content (AvgIpc) is 3.06. The minimum Gasteiger partial charge on any atom is -0.457 e. The maximum Gasteiger partial charge on any atom is 0.338 e. The van der Waals surface area contributed by atoms with Crippen molar-refractivity contribution in [2.24, 2.45) is 0 Å². The molecule has 2 aromatic rings. The number of carbonyl (C=O) groups is 3. The molecule has 0 saturated carbocycles. The molecule has 24 heavy (non-hydrogen) atoms. The largest absolute Gasteiger partial charge is 0.457 e. The molecule has 5 heteroatoms. The predicted octanol–water partition coefficient (Wildman–Crippen LogP) is 3.04. The second kappa shape index (κ2) is 5.30. The van der Waals surface area contributed by atoms with Gasteiger partial charge in [-0.3, -0.25) is 9.59 Å². The Kier molecular flexibility index (Phi) is 3.23. The second-order valence-corrected chi connectivity index (χ2v) is 6.10. The molecule has 0 N–H and O–H groups in total. The van der Waals surface area contributed by atoms with Crippen LogP contribution in [0.15, 0.2) is 42.5 Å². The maximum absolute atomic E-state index is 12.9. The van der Waals surface area contributed by atoms with E-state index in [0.717, 1.165) is 11.1 Å². The molecule has 4 rings (SSSR count). The van der Waals surface area contributed by atoms with E-state index >= 15 is 0 Å². The number of carbonyl (C=O) groups excluding carboxylic acids is 3. The summed E-state index contributed by atoms with van der Waals surface area (Å²) in [7, 11) is 0. The van der Waals surface area contributed by atoms with E-state index in [1.807, 2.05) is 18.2 Å². The summed E-state index contributed by atoms with van der Waals surface area (Å²) >= 11 is 0. The Bertz CT molecular complexity index is 887. The van der Waals surface area contributed by atoms with Gasteiger partial charge in [0.05, 0.1) is 11.6 Å². The third-order valence-electron chi connectivity index (χ3n) is 4.51. The van der Waals surface area contributed by atoms with Crippen LogP contribution >= 0.6 is 0 Å². The lowest BCUT2D eigenvalue weighted by molar-refractivity contribution is -0.117. The van der Waals surface area contributed by atoms with E-state index in [2.05, 4.69) is 0 Å². The number of cyclic esters (lactones) is 1. The average molecular weight is 321 g/mol. The van der Waals surface area contributed by atoms with Crippen LogP contribution in [0.5, 0.6) is 0 Å². The summed E-state index contributed by atoms with van der Waals surface area (Å²) in [4.78, 5) is 38.0. The first-order valence-corrected chi connectivity index (χ1v) is 7.78. The van der Waals surface area contributed by atoms with Crippen LogP contribution in [0.4, 0.5) is 5.69 Å². The number of hydrogen-bond acceptors (Lipinski definition) is 4. The highest BCUT2D eigenvalue weighted by Crippen LogP contribution is 2.40. The molecule has 0 aromatic heterocycles. The van der Waals surface area contributed by atoms with Crippen molar-refractivity contribution in [3.8, 4) is 0 Å². The highest BCUT2D eigenvalue weighted by molar-refractivity contribution is 6.12. The number of ketones is 1. The van der Waals surface area contributed by atoms with Crippen molar-refractivity contribution >= 4 is 23.3 Å². The van der Waals surface area contributed by atoms with E-state index in [0.29, 0.717) is 16.8 Å². The smallest absolute Gasteiger partial charge is 0.338 e. The number of ether oxygens (including phenoxy) is 1. The zero-order valence-electron chi connectivity index (χ0n) is 13.1. The van der Waals surface area contributed by atoms with Gasteiger partial charge in [-0.1, -0.05) is 24.3 Å². The zero-order chi connectivity index (χ0) is 16.8. The maximum atomic E-state index is 12.9. The van der Waals surface area contributed by atoms with Gasteiger partial charge in [-0.25, -0.2) is 4.79 Å². The number of amides is 1. The quantitative estimate of drug-likeness (QED) is 0.815. The summed E-state index contributed by atoms with van der Waals surface area (Å²) in [6.07, 6.45) is 0.240. The molecule has 2 aliphatic rings. The molecule has 0 spiro atoms. The first-order valence-electron chi connectivity index (χ1n) is 7.78. The zero-order valence-corrected chi connectivity index (χ0v) is 13.1. The summed E-state index contributed by atoms with van der Waals surface area (Å²) in [5.74, 6) is -0.516. The summed E-state index contributed by atoms with van der Waals surface area (Å²) in [6, 6.07) is 12.3. The second-order valence-electron chi connectivity index (χ2n) is 6.10. The highest BCUT2D eigenvalue weighted by atomic mass is 16.5. The monoisotopic (exact) mass is 321 g/mol. The summed E-state index contributed by atoms with van der Waals surface area (Å²) < 4.78 is 5.02. The van der Waals surface area contributed by atoms with Gasteiger partial charge >= 0.3 is 5.97 Å². The SMILES string of the molecule is CC(=O)C[C@@H]1c2ccccc2C(=O)N1c1ccc2c(c1)C(=O)OC2. The molecule has 0 radical (unpaired) electrons. The van der Waals surface area contributed by atoms with E-state index in [1.54, 1.807) is 29.2 Å². The van der Waals surface area contributed by atoms with Crippen molar-refractivity contribution in [1.82, 2.24) is 0 Å². The van der Waals surface area contributed by atoms with Gasteiger partial charge in [0, 0.05) is 23.2 Å². The molecule has 2 aromatic carbocycles. The standard InChI is InChI=1S/C19H15NO4/c1-11(21)8-17-14-4-2-3-5-15(14)18(22)20(17)13-7-6-12-10-24-19(23)16(12)9-13/h2-7,9,17H,8,10H2,1H3/t17-/m1/s1. The number of anilines is 1. The number of benzene rings is 2. The fourth-order valence-electron chi connectivity index (χ4n) is 3.41. The number of Topliss-reactive ketones (excluding diaryl/α,β-unsaturated/α-hetero) is 1. The Morgan fingerprint density at radius 2 is 1.96 bits per heavy atom. The molecule has 0 saturated heterocycles. The molecular weight excluding hydrogens is 306 g/mol. The van der Waals surface area contributed by atoms with Crippen molar-refractivity contribution in [1.29, 1.82) is 0 Å². The van der Waals surface area contributed by atoms with Crippen molar-refractivity contribution in [3.05, 3.63) is 64.7 Å². The molecular formula is C19H15NO4. The van der Waals surface area contributed by atoms with Crippen LogP contribution in [0, 0.1) is 0 Å². The fourth-order valence-corrected chi connectivity index (χ4v) is 3.41. The van der Waals surface area contributed by atoms with Crippen molar-refractivity contribution < 1.29 is 19.1 Å². The molecule has 0 fully saturated rings.